The van der Waals surface area contributed by atoms with Crippen molar-refractivity contribution in [3.63, 3.8) is 0 Å². The zero-order valence-electron chi connectivity index (χ0n) is 45.8. The minimum absolute atomic E-state index is 0.0276. The number of nitrogens with zero attached hydrogens (tertiary/aromatic N) is 2. The topological polar surface area (TPSA) is 412 Å². The number of carbonyl (C=O) groups excluding carboxylic acids is 7. The largest absolute Gasteiger partial charge is 0.508 e. The van der Waals surface area contributed by atoms with Crippen molar-refractivity contribution >= 4 is 41.4 Å². The summed E-state index contributed by atoms with van der Waals surface area (Å²) in [4.78, 5) is 102. The molecule has 3 aliphatic rings. The summed E-state index contributed by atoms with van der Waals surface area (Å²) in [6.07, 6.45) is -6.85. The highest BCUT2D eigenvalue weighted by Gasteiger charge is 2.50. The number of aromatic hydroxyl groups is 1. The molecule has 0 aromatic heterocycles. The van der Waals surface area contributed by atoms with Gasteiger partial charge in [0.15, 0.2) is 0 Å². The molecule has 0 aliphatic carbocycles. The Labute approximate surface area is 457 Å². The lowest BCUT2D eigenvalue weighted by atomic mass is 9.91. The van der Waals surface area contributed by atoms with E-state index in [-0.39, 0.29) is 50.3 Å². The standard InChI is InChI=1S/C53H90N10O15/c1-6-28(2)23-29(3)13-11-9-7-8-10-12-14-39(69)57-35-25-38(68)47(56-22-21-55)61-51(76)43-44(70)30(4)26-63(43)53(78)41(37(67)19-20-54)59-50(75)42(46(72)45(71)32-15-17-33(65)18-16-32)60-49(74)36-24-34(66)27-62(36)52(77)40(31(5)64)58-48(35)73/h15-18,28-31,34-38,40-47,56,64-68,70-72H,6-14,19-27,54-55H2,1-5H3,(H,57,69)(H,58,73)(H,59,75)(H,60,74)(H,61,76)/t28?,29?,30-,31?,34+,35-,36-,37?,38+,40-,41-,42-,43-,44-,45-,46-,47-/m0/s1. The van der Waals surface area contributed by atoms with Gasteiger partial charge in [0.25, 0.3) is 0 Å². The van der Waals surface area contributed by atoms with Gasteiger partial charge in [0, 0.05) is 51.4 Å². The third-order valence-electron chi connectivity index (χ3n) is 15.3. The van der Waals surface area contributed by atoms with Crippen molar-refractivity contribution in [2.45, 2.75) is 203 Å². The molecular formula is C53H90N10O15. The first-order chi connectivity index (χ1) is 36.9. The number of hydrogen-bond acceptors (Lipinski definition) is 18. The molecule has 18 N–H and O–H groups in total. The second kappa shape index (κ2) is 31.6. The summed E-state index contributed by atoms with van der Waals surface area (Å²) in [5.74, 6) is -7.25. The minimum Gasteiger partial charge on any atom is -0.508 e. The van der Waals surface area contributed by atoms with Crippen LogP contribution in [0.25, 0.3) is 0 Å². The van der Waals surface area contributed by atoms with E-state index in [2.05, 4.69) is 52.7 Å². The first-order valence-corrected chi connectivity index (χ1v) is 27.7. The normalized spacial score (nSPS) is 29.4. The van der Waals surface area contributed by atoms with Crippen molar-refractivity contribution in [2.24, 2.45) is 29.2 Å². The summed E-state index contributed by atoms with van der Waals surface area (Å²) < 4.78 is 0. The Kier molecular flexibility index (Phi) is 26.5. The molecule has 78 heavy (non-hydrogen) atoms. The molecule has 1 aromatic rings. The van der Waals surface area contributed by atoms with Gasteiger partial charge in [0.1, 0.15) is 60.4 Å². The maximum Gasteiger partial charge on any atom is 0.248 e. The van der Waals surface area contributed by atoms with Gasteiger partial charge in [-0.3, -0.25) is 38.9 Å². The Morgan fingerprint density at radius 3 is 1.96 bits per heavy atom. The van der Waals surface area contributed by atoms with Gasteiger partial charge in [0.2, 0.25) is 41.4 Å². The molecule has 442 valence electrons. The highest BCUT2D eigenvalue weighted by molar-refractivity contribution is 5.98. The highest BCUT2D eigenvalue weighted by atomic mass is 16.3. The monoisotopic (exact) mass is 1110 g/mol. The third kappa shape index (κ3) is 18.5. The third-order valence-corrected chi connectivity index (χ3v) is 15.3. The van der Waals surface area contributed by atoms with Gasteiger partial charge in [0.05, 0.1) is 30.5 Å². The Morgan fingerprint density at radius 1 is 0.718 bits per heavy atom. The molecule has 3 aliphatic heterocycles. The van der Waals surface area contributed by atoms with Crippen LogP contribution in [-0.2, 0) is 33.6 Å². The van der Waals surface area contributed by atoms with Crippen LogP contribution >= 0.6 is 0 Å². The fraction of sp³-hybridized carbons (Fsp3) is 0.755. The number of aliphatic hydroxyl groups is 7. The van der Waals surface area contributed by atoms with Gasteiger partial charge in [-0.25, -0.2) is 0 Å². The molecule has 0 spiro atoms. The molecule has 4 rings (SSSR count). The van der Waals surface area contributed by atoms with Gasteiger partial charge >= 0.3 is 0 Å². The minimum atomic E-state index is -2.28. The second-order valence-electron chi connectivity index (χ2n) is 21.8. The van der Waals surface area contributed by atoms with Gasteiger partial charge < -0.3 is 88.7 Å². The molecule has 25 nitrogen and oxygen atoms in total. The average molecular weight is 1110 g/mol. The number of fused-ring (bicyclic) bond motifs is 2. The Bertz CT molecular complexity index is 2110. The van der Waals surface area contributed by atoms with E-state index in [9.17, 15) is 74.4 Å². The van der Waals surface area contributed by atoms with Crippen LogP contribution in [0.4, 0.5) is 0 Å². The van der Waals surface area contributed by atoms with Crippen molar-refractivity contribution in [2.75, 3.05) is 32.7 Å². The van der Waals surface area contributed by atoms with Crippen LogP contribution in [0.15, 0.2) is 24.3 Å². The zero-order chi connectivity index (χ0) is 58.0. The summed E-state index contributed by atoms with van der Waals surface area (Å²) >= 11 is 0. The molecule has 17 atom stereocenters. The molecule has 3 fully saturated rings. The van der Waals surface area contributed by atoms with E-state index < -0.39 is 152 Å². The van der Waals surface area contributed by atoms with E-state index >= 15 is 0 Å². The maximum absolute atomic E-state index is 14.7. The molecule has 3 saturated heterocycles. The number of phenols is 1. The predicted molar refractivity (Wildman–Crippen MR) is 285 cm³/mol. The summed E-state index contributed by atoms with van der Waals surface area (Å²) in [5.41, 5.74) is 11.5. The highest BCUT2D eigenvalue weighted by Crippen LogP contribution is 2.28. The maximum atomic E-state index is 14.7. The lowest BCUT2D eigenvalue weighted by molar-refractivity contribution is -0.148. The number of hydrogen-bond donors (Lipinski definition) is 16. The number of phenolic OH excluding ortho intramolecular Hbond substituents is 1. The number of nitrogens with two attached hydrogens (primary N) is 2. The number of aliphatic hydroxyl groups excluding tert-OH is 7. The summed E-state index contributed by atoms with van der Waals surface area (Å²) in [6, 6.07) is -6.44. The number of carbonyl (C=O) groups is 7. The molecule has 7 amide bonds. The molecular weight excluding hydrogens is 1020 g/mol. The SMILES string of the molecule is CCC(C)CC(C)CCCCCCCCC(=O)N[C@H]1C[C@@H](O)[C@@H](NCCN)NC(=O)[C@@H]2[C@@H](O)[C@@H](C)CN2C(=O)[C@H](C(O)CCN)NC(=O)[C@H]([C@H](O)[C@@H](O)c2ccc(O)cc2)NC(=O)[C@@H]2C[C@@H](O)CN2C(=O)[C@H](C(C)O)NC1=O. The van der Waals surface area contributed by atoms with E-state index in [0.29, 0.717) is 24.7 Å². The fourth-order valence-electron chi connectivity index (χ4n) is 10.5. The van der Waals surface area contributed by atoms with E-state index in [0.717, 1.165) is 55.2 Å². The quantitative estimate of drug-likeness (QED) is 0.0484. The van der Waals surface area contributed by atoms with Crippen LogP contribution in [0.2, 0.25) is 0 Å². The van der Waals surface area contributed by atoms with Crippen molar-refractivity contribution in [3.05, 3.63) is 29.8 Å². The van der Waals surface area contributed by atoms with E-state index in [4.69, 9.17) is 11.5 Å². The fourth-order valence-corrected chi connectivity index (χ4v) is 10.5. The number of amides is 7. The van der Waals surface area contributed by atoms with Crippen molar-refractivity contribution in [1.29, 1.82) is 0 Å². The van der Waals surface area contributed by atoms with Gasteiger partial charge in [-0.1, -0.05) is 84.8 Å². The molecule has 0 bridgehead atoms. The number of rotatable bonds is 23. The number of nitrogens with one attached hydrogen (secondary N) is 6. The Balaban J connectivity index is 1.75. The average Bonchev–Trinajstić information content (AvgIpc) is 3.94. The first-order valence-electron chi connectivity index (χ1n) is 27.7. The van der Waals surface area contributed by atoms with E-state index in [1.54, 1.807) is 0 Å². The Hall–Kier alpha value is -5.09. The van der Waals surface area contributed by atoms with Crippen LogP contribution in [0.5, 0.6) is 5.75 Å². The van der Waals surface area contributed by atoms with Crippen LogP contribution in [-0.4, -0.2) is 204 Å². The predicted octanol–water partition coefficient (Wildman–Crippen LogP) is -3.07. The summed E-state index contributed by atoms with van der Waals surface area (Å²) in [6.45, 7) is 8.23. The second-order valence-corrected chi connectivity index (χ2v) is 21.8. The van der Waals surface area contributed by atoms with Crippen LogP contribution < -0.4 is 43.4 Å². The Morgan fingerprint density at radius 2 is 1.33 bits per heavy atom. The molecule has 0 saturated carbocycles. The lowest BCUT2D eigenvalue weighted by Crippen LogP contribution is -2.65. The van der Waals surface area contributed by atoms with Crippen LogP contribution in [0, 0.1) is 17.8 Å². The zero-order valence-corrected chi connectivity index (χ0v) is 45.8. The number of unbranched alkanes of at least 4 members (excludes halogenated alkanes) is 5. The van der Waals surface area contributed by atoms with Crippen molar-refractivity contribution in [1.82, 2.24) is 41.7 Å². The molecule has 0 radical (unpaired) electrons. The molecule has 3 heterocycles. The van der Waals surface area contributed by atoms with E-state index in [1.165, 1.54) is 37.6 Å². The van der Waals surface area contributed by atoms with Gasteiger partial charge in [-0.05, 0) is 62.3 Å². The van der Waals surface area contributed by atoms with Crippen LogP contribution in [0.1, 0.15) is 130 Å². The van der Waals surface area contributed by atoms with Crippen molar-refractivity contribution in [3.8, 4) is 5.75 Å². The first kappa shape index (κ1) is 65.4. The van der Waals surface area contributed by atoms with Crippen molar-refractivity contribution < 1.29 is 74.4 Å². The molecule has 1 aromatic carbocycles. The van der Waals surface area contributed by atoms with Crippen LogP contribution in [0.3, 0.4) is 0 Å². The molecule has 25 heteroatoms. The number of benzene rings is 1. The lowest BCUT2D eigenvalue weighted by Gasteiger charge is -2.35. The van der Waals surface area contributed by atoms with Gasteiger partial charge in [-0.15, -0.1) is 0 Å². The summed E-state index contributed by atoms with van der Waals surface area (Å²) in [7, 11) is 0. The van der Waals surface area contributed by atoms with E-state index in [1.807, 2.05) is 0 Å². The molecule has 4 unspecified atom stereocenters. The summed E-state index contributed by atoms with van der Waals surface area (Å²) in [5, 5.41) is 105. The van der Waals surface area contributed by atoms with Gasteiger partial charge in [-0.2, -0.15) is 0 Å². The smallest absolute Gasteiger partial charge is 0.248 e.